The summed E-state index contributed by atoms with van der Waals surface area (Å²) in [5.41, 5.74) is 0.237. The minimum absolute atomic E-state index is 0.184. The summed E-state index contributed by atoms with van der Waals surface area (Å²) in [4.78, 5) is 11.8. The van der Waals surface area contributed by atoms with Gasteiger partial charge in [-0.2, -0.15) is 0 Å². The molecule has 0 saturated carbocycles. The number of carboxylic acid groups (broad SMARTS) is 1. The summed E-state index contributed by atoms with van der Waals surface area (Å²) in [7, 11) is 2.12. The Kier molecular flexibility index (Phi) is 10.3. The standard InChI is InChI=1S/C16H26O7SSi/c1-20-25(21-2,22-3)10-6-9-23-11-13(17)12-24-15-8-5-4-7-14(15)16(18)19/h4-5,7-8,13,17H,6,9-12H2,1-3H3,(H,18,19). The SMILES string of the molecule is CO[Si](CCCOCC(O)CSc1ccccc1C(=O)O)(OC)OC. The van der Waals surface area contributed by atoms with Crippen molar-refractivity contribution in [1.82, 2.24) is 0 Å². The Bertz CT molecular complexity index is 517. The second kappa shape index (κ2) is 11.6. The van der Waals surface area contributed by atoms with Gasteiger partial charge in [-0.25, -0.2) is 4.79 Å². The number of aromatic carboxylic acids is 1. The lowest BCUT2D eigenvalue weighted by molar-refractivity contribution is 0.0461. The van der Waals surface area contributed by atoms with Crippen LogP contribution >= 0.6 is 11.8 Å². The topological polar surface area (TPSA) is 94.5 Å². The maximum Gasteiger partial charge on any atom is 0.500 e. The molecule has 0 aliphatic heterocycles. The highest BCUT2D eigenvalue weighted by Crippen LogP contribution is 2.23. The van der Waals surface area contributed by atoms with Gasteiger partial charge in [-0.15, -0.1) is 11.8 Å². The second-order valence-corrected chi connectivity index (χ2v) is 9.39. The summed E-state index contributed by atoms with van der Waals surface area (Å²) < 4.78 is 21.4. The van der Waals surface area contributed by atoms with Crippen LogP contribution in [0.3, 0.4) is 0 Å². The number of ether oxygens (including phenoxy) is 1. The minimum atomic E-state index is -2.57. The van der Waals surface area contributed by atoms with Gasteiger partial charge in [0.25, 0.3) is 0 Å². The van der Waals surface area contributed by atoms with Crippen LogP contribution in [0.1, 0.15) is 16.8 Å². The third kappa shape index (κ3) is 7.44. The first kappa shape index (κ1) is 22.1. The summed E-state index contributed by atoms with van der Waals surface area (Å²) in [5, 5.41) is 19.1. The molecule has 25 heavy (non-hydrogen) atoms. The number of aliphatic hydroxyl groups is 1. The van der Waals surface area contributed by atoms with Crippen molar-refractivity contribution >= 4 is 26.5 Å². The molecule has 1 aromatic rings. The average molecular weight is 391 g/mol. The van der Waals surface area contributed by atoms with Crippen LogP contribution < -0.4 is 0 Å². The lowest BCUT2D eigenvalue weighted by Gasteiger charge is -2.24. The molecule has 1 rings (SSSR count). The Morgan fingerprint density at radius 1 is 1.20 bits per heavy atom. The van der Waals surface area contributed by atoms with Gasteiger partial charge in [-0.05, 0) is 18.6 Å². The summed E-state index contributed by atoms with van der Waals surface area (Å²) in [5.74, 6) is -0.618. The van der Waals surface area contributed by atoms with Crippen LogP contribution in [0, 0.1) is 0 Å². The highest BCUT2D eigenvalue weighted by Gasteiger charge is 2.36. The molecule has 1 atom stereocenters. The van der Waals surface area contributed by atoms with E-state index in [0.29, 0.717) is 29.7 Å². The van der Waals surface area contributed by atoms with E-state index < -0.39 is 20.9 Å². The molecule has 0 fully saturated rings. The van der Waals surface area contributed by atoms with Crippen LogP contribution in [0.15, 0.2) is 29.2 Å². The molecule has 1 unspecified atom stereocenters. The Hall–Kier alpha value is -0.943. The molecule has 0 spiro atoms. The lowest BCUT2D eigenvalue weighted by Crippen LogP contribution is -2.42. The Morgan fingerprint density at radius 2 is 1.84 bits per heavy atom. The van der Waals surface area contributed by atoms with Crippen molar-refractivity contribution in [1.29, 1.82) is 0 Å². The Balaban J connectivity index is 2.28. The third-order valence-electron chi connectivity index (χ3n) is 3.56. The predicted octanol–water partition coefficient (Wildman–Crippen LogP) is 2.12. The van der Waals surface area contributed by atoms with E-state index in [4.69, 9.17) is 23.1 Å². The zero-order valence-electron chi connectivity index (χ0n) is 14.8. The van der Waals surface area contributed by atoms with E-state index in [-0.39, 0.29) is 12.2 Å². The third-order valence-corrected chi connectivity index (χ3v) is 7.61. The molecule has 0 aliphatic rings. The van der Waals surface area contributed by atoms with Gasteiger partial charge in [0.05, 0.1) is 18.3 Å². The van der Waals surface area contributed by atoms with Crippen molar-refractivity contribution in [3.63, 3.8) is 0 Å². The molecule has 1 aromatic carbocycles. The first-order valence-corrected chi connectivity index (χ1v) is 10.8. The van der Waals surface area contributed by atoms with Gasteiger partial charge in [0.1, 0.15) is 0 Å². The zero-order chi connectivity index (χ0) is 18.7. The largest absolute Gasteiger partial charge is 0.500 e. The normalized spacial score (nSPS) is 13.0. The van der Waals surface area contributed by atoms with Crippen LogP contribution in [0.5, 0.6) is 0 Å². The van der Waals surface area contributed by atoms with Gasteiger partial charge in [0.2, 0.25) is 0 Å². The van der Waals surface area contributed by atoms with Gasteiger partial charge < -0.3 is 28.2 Å². The number of aliphatic hydroxyl groups excluding tert-OH is 1. The van der Waals surface area contributed by atoms with Crippen LogP contribution in [-0.4, -0.2) is 71.4 Å². The molecule has 7 nitrogen and oxygen atoms in total. The Morgan fingerprint density at radius 3 is 2.44 bits per heavy atom. The van der Waals surface area contributed by atoms with Gasteiger partial charge >= 0.3 is 14.8 Å². The number of hydrogen-bond acceptors (Lipinski definition) is 7. The van der Waals surface area contributed by atoms with Crippen molar-refractivity contribution in [2.45, 2.75) is 23.5 Å². The van der Waals surface area contributed by atoms with Crippen LogP contribution in [-0.2, 0) is 18.0 Å². The molecule has 0 heterocycles. The summed E-state index contributed by atoms with van der Waals surface area (Å²) in [6.45, 7) is 0.641. The first-order valence-electron chi connectivity index (χ1n) is 7.84. The van der Waals surface area contributed by atoms with E-state index in [2.05, 4.69) is 0 Å². The highest BCUT2D eigenvalue weighted by molar-refractivity contribution is 7.99. The summed E-state index contributed by atoms with van der Waals surface area (Å²) in [6, 6.07) is 7.36. The molecule has 0 amide bonds. The molecule has 9 heteroatoms. The molecule has 2 N–H and O–H groups in total. The number of thioether (sulfide) groups is 1. The molecule has 0 radical (unpaired) electrons. The maximum atomic E-state index is 11.1. The van der Waals surface area contributed by atoms with E-state index in [1.807, 2.05) is 0 Å². The van der Waals surface area contributed by atoms with Crippen molar-refractivity contribution < 1.29 is 33.0 Å². The Labute approximate surface area is 153 Å². The second-order valence-electron chi connectivity index (χ2n) is 5.24. The fourth-order valence-electron chi connectivity index (χ4n) is 2.17. The smallest absolute Gasteiger partial charge is 0.478 e. The van der Waals surface area contributed by atoms with Gasteiger partial charge in [-0.3, -0.25) is 0 Å². The lowest BCUT2D eigenvalue weighted by atomic mass is 10.2. The van der Waals surface area contributed by atoms with Crippen LogP contribution in [0.2, 0.25) is 6.04 Å². The highest BCUT2D eigenvalue weighted by atomic mass is 32.2. The van der Waals surface area contributed by atoms with Crippen LogP contribution in [0.25, 0.3) is 0 Å². The summed E-state index contributed by atoms with van der Waals surface area (Å²) >= 11 is 1.30. The van der Waals surface area contributed by atoms with E-state index in [1.165, 1.54) is 11.8 Å². The van der Waals surface area contributed by atoms with E-state index >= 15 is 0 Å². The monoisotopic (exact) mass is 390 g/mol. The van der Waals surface area contributed by atoms with Gasteiger partial charge in [0, 0.05) is 44.6 Å². The summed E-state index contributed by atoms with van der Waals surface area (Å²) in [6.07, 6.45) is 0.0184. The predicted molar refractivity (Wildman–Crippen MR) is 97.2 cm³/mol. The minimum Gasteiger partial charge on any atom is -0.478 e. The van der Waals surface area contributed by atoms with Crippen molar-refractivity contribution in [2.24, 2.45) is 0 Å². The fraction of sp³-hybridized carbons (Fsp3) is 0.562. The number of carbonyl (C=O) groups is 1. The van der Waals surface area contributed by atoms with E-state index in [0.717, 1.165) is 0 Å². The molecule has 0 bridgehead atoms. The van der Waals surface area contributed by atoms with Crippen molar-refractivity contribution in [3.8, 4) is 0 Å². The molecular formula is C16H26O7SSi. The molecule has 142 valence electrons. The van der Waals surface area contributed by atoms with E-state index in [1.54, 1.807) is 45.6 Å². The van der Waals surface area contributed by atoms with Crippen molar-refractivity contribution in [2.75, 3.05) is 40.3 Å². The maximum absolute atomic E-state index is 11.1. The fourth-order valence-corrected chi connectivity index (χ4v) is 4.81. The molecule has 0 saturated heterocycles. The van der Waals surface area contributed by atoms with Gasteiger partial charge in [-0.1, -0.05) is 12.1 Å². The molecule has 0 aliphatic carbocycles. The number of carboxylic acids is 1. The van der Waals surface area contributed by atoms with Crippen LogP contribution in [0.4, 0.5) is 0 Å². The zero-order valence-corrected chi connectivity index (χ0v) is 16.6. The molecule has 0 aromatic heterocycles. The first-order chi connectivity index (χ1) is 12.0. The number of benzene rings is 1. The number of hydrogen-bond donors (Lipinski definition) is 2. The number of rotatable bonds is 13. The van der Waals surface area contributed by atoms with E-state index in [9.17, 15) is 9.90 Å². The van der Waals surface area contributed by atoms with Gasteiger partial charge in [0.15, 0.2) is 0 Å². The quantitative estimate of drug-likeness (QED) is 0.300. The van der Waals surface area contributed by atoms with Crippen molar-refractivity contribution in [3.05, 3.63) is 29.8 Å². The molecular weight excluding hydrogens is 364 g/mol. The average Bonchev–Trinajstić information content (AvgIpc) is 2.63.